The second kappa shape index (κ2) is 5.69. The zero-order valence-corrected chi connectivity index (χ0v) is 12.4. The lowest BCUT2D eigenvalue weighted by molar-refractivity contribution is 0.413. The molecule has 112 valence electrons. The first-order valence-electron chi connectivity index (χ1n) is 6.11. The van der Waals surface area contributed by atoms with Crippen LogP contribution in [0.2, 0.25) is 0 Å². The van der Waals surface area contributed by atoms with Crippen molar-refractivity contribution in [2.24, 2.45) is 0 Å². The standard InChI is InChI=1S/C14H15FN2O3S/c1-9-5-12(20-2)7-11(17-9)8-21(18,19)14-6-10(15)3-4-13(14)16/h3-7H,8,16H2,1-2H3. The normalized spacial score (nSPS) is 11.4. The van der Waals surface area contributed by atoms with Gasteiger partial charge in [0.1, 0.15) is 11.6 Å². The first-order valence-corrected chi connectivity index (χ1v) is 7.76. The summed E-state index contributed by atoms with van der Waals surface area (Å²) in [5.41, 5.74) is 6.58. The Hall–Kier alpha value is -2.15. The Morgan fingerprint density at radius 2 is 2.00 bits per heavy atom. The first kappa shape index (κ1) is 15.2. The van der Waals surface area contributed by atoms with Crippen molar-refractivity contribution < 1.29 is 17.5 Å². The van der Waals surface area contributed by atoms with Crippen molar-refractivity contribution in [1.82, 2.24) is 4.98 Å². The van der Waals surface area contributed by atoms with Crippen LogP contribution in [0.5, 0.6) is 5.75 Å². The lowest BCUT2D eigenvalue weighted by Gasteiger charge is -2.09. The van der Waals surface area contributed by atoms with Crippen LogP contribution in [0.3, 0.4) is 0 Å². The molecular formula is C14H15FN2O3S. The van der Waals surface area contributed by atoms with Crippen LogP contribution in [0.1, 0.15) is 11.4 Å². The van der Waals surface area contributed by atoms with Crippen molar-refractivity contribution in [3.63, 3.8) is 0 Å². The van der Waals surface area contributed by atoms with Gasteiger partial charge in [0, 0.05) is 17.8 Å². The van der Waals surface area contributed by atoms with Crippen molar-refractivity contribution in [2.75, 3.05) is 12.8 Å². The van der Waals surface area contributed by atoms with Crippen molar-refractivity contribution in [3.8, 4) is 5.75 Å². The molecule has 0 aliphatic rings. The smallest absolute Gasteiger partial charge is 0.186 e. The summed E-state index contributed by atoms with van der Waals surface area (Å²) < 4.78 is 43.0. The largest absolute Gasteiger partial charge is 0.497 e. The van der Waals surface area contributed by atoms with E-state index >= 15 is 0 Å². The van der Waals surface area contributed by atoms with Gasteiger partial charge in [0.25, 0.3) is 0 Å². The van der Waals surface area contributed by atoms with Gasteiger partial charge >= 0.3 is 0 Å². The van der Waals surface area contributed by atoms with E-state index in [9.17, 15) is 12.8 Å². The molecule has 0 bridgehead atoms. The molecule has 2 rings (SSSR count). The number of rotatable bonds is 4. The molecule has 0 spiro atoms. The van der Waals surface area contributed by atoms with E-state index in [0.29, 0.717) is 17.1 Å². The SMILES string of the molecule is COc1cc(C)nc(CS(=O)(=O)c2cc(F)ccc2N)c1. The van der Waals surface area contributed by atoms with Gasteiger partial charge < -0.3 is 10.5 Å². The molecule has 0 atom stereocenters. The number of ether oxygens (including phenoxy) is 1. The number of nitrogens with zero attached hydrogens (tertiary/aromatic N) is 1. The Balaban J connectivity index is 2.42. The van der Waals surface area contributed by atoms with E-state index in [1.165, 1.54) is 19.2 Å². The minimum atomic E-state index is -3.79. The number of aromatic nitrogens is 1. The molecule has 0 radical (unpaired) electrons. The molecule has 0 amide bonds. The summed E-state index contributed by atoms with van der Waals surface area (Å²) in [4.78, 5) is 3.92. The minimum Gasteiger partial charge on any atom is -0.497 e. The summed E-state index contributed by atoms with van der Waals surface area (Å²) >= 11 is 0. The summed E-state index contributed by atoms with van der Waals surface area (Å²) in [5.74, 6) is -0.518. The van der Waals surface area contributed by atoms with Crippen LogP contribution >= 0.6 is 0 Å². The zero-order valence-electron chi connectivity index (χ0n) is 11.6. The van der Waals surface area contributed by atoms with Crippen LogP contribution < -0.4 is 10.5 Å². The number of methoxy groups -OCH3 is 1. The molecule has 2 aromatic rings. The van der Waals surface area contributed by atoms with E-state index in [1.807, 2.05) is 0 Å². The summed E-state index contributed by atoms with van der Waals surface area (Å²) in [6.07, 6.45) is 0. The third-order valence-electron chi connectivity index (χ3n) is 2.86. The molecule has 21 heavy (non-hydrogen) atoms. The highest BCUT2D eigenvalue weighted by molar-refractivity contribution is 7.90. The molecule has 0 saturated carbocycles. The number of hydrogen-bond acceptors (Lipinski definition) is 5. The van der Waals surface area contributed by atoms with Crippen LogP contribution in [0.4, 0.5) is 10.1 Å². The van der Waals surface area contributed by atoms with E-state index in [1.54, 1.807) is 13.0 Å². The Bertz CT molecular complexity index is 776. The first-order chi connectivity index (χ1) is 9.81. The predicted molar refractivity (Wildman–Crippen MR) is 77.2 cm³/mol. The van der Waals surface area contributed by atoms with Gasteiger partial charge in [-0.15, -0.1) is 0 Å². The third-order valence-corrected chi connectivity index (χ3v) is 4.56. The van der Waals surface area contributed by atoms with E-state index in [0.717, 1.165) is 12.1 Å². The number of aryl methyl sites for hydroxylation is 1. The van der Waals surface area contributed by atoms with Gasteiger partial charge in [-0.3, -0.25) is 4.98 Å². The fraction of sp³-hybridized carbons (Fsp3) is 0.214. The van der Waals surface area contributed by atoms with Gasteiger partial charge in [-0.2, -0.15) is 0 Å². The lowest BCUT2D eigenvalue weighted by atomic mass is 10.3. The Morgan fingerprint density at radius 1 is 1.29 bits per heavy atom. The zero-order chi connectivity index (χ0) is 15.6. The van der Waals surface area contributed by atoms with Gasteiger partial charge in [-0.25, -0.2) is 12.8 Å². The second-order valence-corrected chi connectivity index (χ2v) is 6.54. The minimum absolute atomic E-state index is 0.0102. The molecule has 0 aliphatic heterocycles. The number of pyridine rings is 1. The van der Waals surface area contributed by atoms with Gasteiger partial charge in [0.2, 0.25) is 0 Å². The number of nitrogens with two attached hydrogens (primary N) is 1. The highest BCUT2D eigenvalue weighted by Crippen LogP contribution is 2.24. The Kier molecular flexibility index (Phi) is 4.13. The average molecular weight is 310 g/mol. The average Bonchev–Trinajstić information content (AvgIpc) is 2.40. The van der Waals surface area contributed by atoms with E-state index in [-0.39, 0.29) is 16.3 Å². The summed E-state index contributed by atoms with van der Waals surface area (Å²) in [7, 11) is -2.31. The number of benzene rings is 1. The van der Waals surface area contributed by atoms with Gasteiger partial charge in [-0.1, -0.05) is 0 Å². The molecule has 0 saturated heterocycles. The molecule has 0 unspecified atom stereocenters. The predicted octanol–water partition coefficient (Wildman–Crippen LogP) is 2.09. The molecule has 2 N–H and O–H groups in total. The van der Waals surface area contributed by atoms with Crippen LogP contribution in [0.25, 0.3) is 0 Å². The number of sulfone groups is 1. The van der Waals surface area contributed by atoms with Crippen LogP contribution in [0.15, 0.2) is 35.2 Å². The van der Waals surface area contributed by atoms with Crippen molar-refractivity contribution in [1.29, 1.82) is 0 Å². The van der Waals surface area contributed by atoms with Gasteiger partial charge in [0.15, 0.2) is 9.84 Å². The van der Waals surface area contributed by atoms with Crippen molar-refractivity contribution in [2.45, 2.75) is 17.6 Å². The fourth-order valence-corrected chi connectivity index (χ4v) is 3.36. The summed E-state index contributed by atoms with van der Waals surface area (Å²) in [5, 5.41) is 0. The maximum Gasteiger partial charge on any atom is 0.186 e. The number of anilines is 1. The summed E-state index contributed by atoms with van der Waals surface area (Å²) in [6, 6.07) is 6.47. The highest BCUT2D eigenvalue weighted by atomic mass is 32.2. The van der Waals surface area contributed by atoms with Gasteiger partial charge in [-0.05, 0) is 25.1 Å². The van der Waals surface area contributed by atoms with Crippen molar-refractivity contribution in [3.05, 3.63) is 47.5 Å². The molecule has 1 heterocycles. The van der Waals surface area contributed by atoms with Gasteiger partial charge in [0.05, 0.1) is 29.1 Å². The Labute approximate surface area is 122 Å². The molecule has 7 heteroatoms. The van der Waals surface area contributed by atoms with E-state index in [4.69, 9.17) is 10.5 Å². The highest BCUT2D eigenvalue weighted by Gasteiger charge is 2.20. The quantitative estimate of drug-likeness (QED) is 0.874. The second-order valence-electron chi connectivity index (χ2n) is 4.58. The van der Waals surface area contributed by atoms with Crippen LogP contribution in [-0.4, -0.2) is 20.5 Å². The topological polar surface area (TPSA) is 82.3 Å². The lowest BCUT2D eigenvalue weighted by Crippen LogP contribution is -2.10. The maximum absolute atomic E-state index is 13.2. The van der Waals surface area contributed by atoms with E-state index in [2.05, 4.69) is 4.98 Å². The number of hydrogen-bond donors (Lipinski definition) is 1. The van der Waals surface area contributed by atoms with Crippen LogP contribution in [0, 0.1) is 12.7 Å². The van der Waals surface area contributed by atoms with E-state index < -0.39 is 15.7 Å². The number of nitrogen functional groups attached to an aromatic ring is 1. The molecule has 1 aromatic heterocycles. The molecule has 1 aromatic carbocycles. The van der Waals surface area contributed by atoms with Crippen molar-refractivity contribution >= 4 is 15.5 Å². The Morgan fingerprint density at radius 3 is 2.67 bits per heavy atom. The fourth-order valence-electron chi connectivity index (χ4n) is 1.94. The third kappa shape index (κ3) is 3.49. The molecule has 0 aliphatic carbocycles. The maximum atomic E-state index is 13.2. The molecule has 5 nitrogen and oxygen atoms in total. The summed E-state index contributed by atoms with van der Waals surface area (Å²) in [6.45, 7) is 1.73. The molecular weight excluding hydrogens is 295 g/mol. The van der Waals surface area contributed by atoms with Crippen LogP contribution in [-0.2, 0) is 15.6 Å². The molecule has 0 fully saturated rings. The number of halogens is 1. The monoisotopic (exact) mass is 310 g/mol.